The normalized spacial score (nSPS) is 15.8. The number of piperazine rings is 1. The summed E-state index contributed by atoms with van der Waals surface area (Å²) in [6.45, 7) is 9.75. The minimum atomic E-state index is -0.0319. The lowest BCUT2D eigenvalue weighted by Crippen LogP contribution is -2.48. The third kappa shape index (κ3) is 4.22. The number of hydrogen-bond donors (Lipinski definition) is 0. The Morgan fingerprint density at radius 3 is 2.60 bits per heavy atom. The molecular formula is C19H24ClN3O2. The molecule has 1 fully saturated rings. The highest BCUT2D eigenvalue weighted by molar-refractivity contribution is 6.30. The molecule has 1 saturated heterocycles. The molecule has 0 unspecified atom stereocenters. The van der Waals surface area contributed by atoms with Crippen LogP contribution in [-0.2, 0) is 6.54 Å². The molecule has 5 nitrogen and oxygen atoms in total. The van der Waals surface area contributed by atoms with E-state index in [-0.39, 0.29) is 11.8 Å². The van der Waals surface area contributed by atoms with Gasteiger partial charge in [0.25, 0.3) is 5.91 Å². The lowest BCUT2D eigenvalue weighted by atomic mass is 10.2. The fraction of sp³-hybridized carbons (Fsp3) is 0.474. The van der Waals surface area contributed by atoms with Crippen LogP contribution in [0.25, 0.3) is 0 Å². The Kier molecular flexibility index (Phi) is 5.45. The van der Waals surface area contributed by atoms with Gasteiger partial charge in [-0.1, -0.05) is 37.6 Å². The maximum absolute atomic E-state index is 12.7. The highest BCUT2D eigenvalue weighted by Crippen LogP contribution is 2.20. The van der Waals surface area contributed by atoms with Crippen molar-refractivity contribution in [3.63, 3.8) is 0 Å². The van der Waals surface area contributed by atoms with E-state index in [4.69, 9.17) is 16.0 Å². The van der Waals surface area contributed by atoms with Gasteiger partial charge in [0.15, 0.2) is 11.6 Å². The molecule has 0 atom stereocenters. The zero-order valence-electron chi connectivity index (χ0n) is 15.0. The predicted octanol–water partition coefficient (Wildman–Crippen LogP) is 3.72. The molecule has 2 heterocycles. The zero-order chi connectivity index (χ0) is 18.0. The highest BCUT2D eigenvalue weighted by Gasteiger charge is 2.26. The first kappa shape index (κ1) is 18.0. The van der Waals surface area contributed by atoms with E-state index in [1.165, 1.54) is 5.56 Å². The monoisotopic (exact) mass is 361 g/mol. The Balaban J connectivity index is 1.59. The van der Waals surface area contributed by atoms with Crippen LogP contribution in [-0.4, -0.2) is 46.9 Å². The van der Waals surface area contributed by atoms with Gasteiger partial charge in [-0.25, -0.2) is 4.98 Å². The average Bonchev–Trinajstić information content (AvgIpc) is 2.97. The van der Waals surface area contributed by atoms with E-state index in [2.05, 4.69) is 16.0 Å². The number of halogens is 1. The Labute approximate surface area is 153 Å². The molecule has 1 aliphatic heterocycles. The molecule has 0 spiro atoms. The molecule has 6 heteroatoms. The van der Waals surface area contributed by atoms with Gasteiger partial charge in [-0.2, -0.15) is 0 Å². The van der Waals surface area contributed by atoms with Gasteiger partial charge >= 0.3 is 0 Å². The number of carbonyl (C=O) groups is 1. The number of nitrogens with zero attached hydrogens (tertiary/aromatic N) is 3. The Morgan fingerprint density at radius 2 is 2.00 bits per heavy atom. The molecule has 1 aromatic carbocycles. The second kappa shape index (κ2) is 7.58. The first-order valence-corrected chi connectivity index (χ1v) is 9.05. The van der Waals surface area contributed by atoms with Crippen LogP contribution >= 0.6 is 11.6 Å². The summed E-state index contributed by atoms with van der Waals surface area (Å²) in [4.78, 5) is 21.3. The number of hydrogen-bond acceptors (Lipinski definition) is 4. The molecule has 0 N–H and O–H groups in total. The van der Waals surface area contributed by atoms with Crippen molar-refractivity contribution in [2.45, 2.75) is 33.2 Å². The van der Waals surface area contributed by atoms with Crippen LogP contribution in [0.15, 0.2) is 28.7 Å². The van der Waals surface area contributed by atoms with Crippen LogP contribution in [0.3, 0.4) is 0 Å². The number of aromatic nitrogens is 1. The van der Waals surface area contributed by atoms with Crippen LogP contribution in [0.2, 0.25) is 5.02 Å². The molecule has 0 aliphatic carbocycles. The third-order valence-electron chi connectivity index (χ3n) is 4.46. The van der Waals surface area contributed by atoms with Gasteiger partial charge in [-0.3, -0.25) is 9.69 Å². The summed E-state index contributed by atoms with van der Waals surface area (Å²) >= 11 is 6.05. The zero-order valence-corrected chi connectivity index (χ0v) is 15.7. The van der Waals surface area contributed by atoms with E-state index in [9.17, 15) is 4.79 Å². The minimum absolute atomic E-state index is 0.0319. The maximum atomic E-state index is 12.7. The SMILES string of the molecule is Cc1oc(C(C)C)nc1C(=O)N1CCN(Cc2cccc(Cl)c2)CC1. The molecule has 25 heavy (non-hydrogen) atoms. The fourth-order valence-corrected chi connectivity index (χ4v) is 3.23. The van der Waals surface area contributed by atoms with Crippen molar-refractivity contribution in [2.75, 3.05) is 26.2 Å². The van der Waals surface area contributed by atoms with Gasteiger partial charge in [0, 0.05) is 43.7 Å². The van der Waals surface area contributed by atoms with E-state index in [0.717, 1.165) is 24.7 Å². The van der Waals surface area contributed by atoms with Crippen molar-refractivity contribution in [2.24, 2.45) is 0 Å². The molecule has 134 valence electrons. The Hall–Kier alpha value is -1.85. The van der Waals surface area contributed by atoms with Crippen molar-refractivity contribution in [1.29, 1.82) is 0 Å². The number of oxazole rings is 1. The number of carbonyl (C=O) groups excluding carboxylic acids is 1. The fourth-order valence-electron chi connectivity index (χ4n) is 3.01. The van der Waals surface area contributed by atoms with Gasteiger partial charge in [-0.05, 0) is 24.6 Å². The van der Waals surface area contributed by atoms with E-state index < -0.39 is 0 Å². The highest BCUT2D eigenvalue weighted by atomic mass is 35.5. The van der Waals surface area contributed by atoms with E-state index in [1.807, 2.05) is 43.9 Å². The smallest absolute Gasteiger partial charge is 0.276 e. The average molecular weight is 362 g/mol. The number of amides is 1. The third-order valence-corrected chi connectivity index (χ3v) is 4.70. The molecule has 0 radical (unpaired) electrons. The minimum Gasteiger partial charge on any atom is -0.445 e. The van der Waals surface area contributed by atoms with Gasteiger partial charge in [-0.15, -0.1) is 0 Å². The quantitative estimate of drug-likeness (QED) is 0.832. The van der Waals surface area contributed by atoms with Crippen LogP contribution in [0.4, 0.5) is 0 Å². The van der Waals surface area contributed by atoms with E-state index >= 15 is 0 Å². The molecule has 2 aromatic rings. The molecule has 1 aromatic heterocycles. The van der Waals surface area contributed by atoms with Crippen LogP contribution in [0, 0.1) is 6.92 Å². The summed E-state index contributed by atoms with van der Waals surface area (Å²) in [6, 6.07) is 7.92. The topological polar surface area (TPSA) is 49.6 Å². The van der Waals surface area contributed by atoms with Crippen molar-refractivity contribution in [3.8, 4) is 0 Å². The first-order chi connectivity index (χ1) is 11.9. The molecule has 0 bridgehead atoms. The molecule has 1 aliphatic rings. The number of benzene rings is 1. The van der Waals surface area contributed by atoms with E-state index in [0.29, 0.717) is 30.4 Å². The predicted molar refractivity (Wildman–Crippen MR) is 98.0 cm³/mol. The Bertz CT molecular complexity index is 749. The summed E-state index contributed by atoms with van der Waals surface area (Å²) in [5, 5.41) is 0.758. The van der Waals surface area contributed by atoms with Crippen molar-refractivity contribution >= 4 is 17.5 Å². The van der Waals surface area contributed by atoms with Crippen LogP contribution < -0.4 is 0 Å². The van der Waals surface area contributed by atoms with Gasteiger partial charge in [0.05, 0.1) is 0 Å². The summed E-state index contributed by atoms with van der Waals surface area (Å²) in [6.07, 6.45) is 0. The lowest BCUT2D eigenvalue weighted by molar-refractivity contribution is 0.0621. The van der Waals surface area contributed by atoms with Crippen molar-refractivity contribution < 1.29 is 9.21 Å². The molecule has 3 rings (SSSR count). The van der Waals surface area contributed by atoms with Gasteiger partial charge in [0.1, 0.15) is 5.76 Å². The summed E-state index contributed by atoms with van der Waals surface area (Å²) in [7, 11) is 0. The lowest BCUT2D eigenvalue weighted by Gasteiger charge is -2.34. The van der Waals surface area contributed by atoms with Crippen molar-refractivity contribution in [1.82, 2.24) is 14.8 Å². The van der Waals surface area contributed by atoms with Crippen LogP contribution in [0.1, 0.15) is 47.5 Å². The molecule has 1 amide bonds. The largest absolute Gasteiger partial charge is 0.445 e. The van der Waals surface area contributed by atoms with E-state index in [1.54, 1.807) is 0 Å². The van der Waals surface area contributed by atoms with Crippen LogP contribution in [0.5, 0.6) is 0 Å². The Morgan fingerprint density at radius 1 is 1.28 bits per heavy atom. The molecular weight excluding hydrogens is 338 g/mol. The summed E-state index contributed by atoms with van der Waals surface area (Å²) in [5.74, 6) is 1.38. The summed E-state index contributed by atoms with van der Waals surface area (Å²) in [5.41, 5.74) is 1.65. The standard InChI is InChI=1S/C19H24ClN3O2/c1-13(2)18-21-17(14(3)25-18)19(24)23-9-7-22(8-10-23)12-15-5-4-6-16(20)11-15/h4-6,11,13H,7-10,12H2,1-3H3. The first-order valence-electron chi connectivity index (χ1n) is 8.67. The maximum Gasteiger partial charge on any atom is 0.276 e. The van der Waals surface area contributed by atoms with Gasteiger partial charge < -0.3 is 9.32 Å². The summed E-state index contributed by atoms with van der Waals surface area (Å²) < 4.78 is 5.62. The van der Waals surface area contributed by atoms with Gasteiger partial charge in [0.2, 0.25) is 0 Å². The molecule has 0 saturated carbocycles. The number of rotatable bonds is 4. The second-order valence-corrected chi connectivity index (χ2v) is 7.25. The number of aryl methyl sites for hydroxylation is 1. The second-order valence-electron chi connectivity index (χ2n) is 6.81. The van der Waals surface area contributed by atoms with Crippen molar-refractivity contribution in [3.05, 3.63) is 52.2 Å².